The maximum atomic E-state index is 10.5. The molecule has 90 valence electrons. The summed E-state index contributed by atoms with van der Waals surface area (Å²) >= 11 is 1.20. The summed E-state index contributed by atoms with van der Waals surface area (Å²) in [5, 5.41) is 19.7. The van der Waals surface area contributed by atoms with Crippen LogP contribution in [0.4, 0.5) is 0 Å². The van der Waals surface area contributed by atoms with E-state index in [0.717, 1.165) is 0 Å². The van der Waals surface area contributed by atoms with Crippen molar-refractivity contribution < 1.29 is 36.9 Å². The van der Waals surface area contributed by atoms with Gasteiger partial charge in [0.15, 0.2) is 0 Å². The van der Waals surface area contributed by atoms with Gasteiger partial charge in [-0.2, -0.15) is 11.8 Å². The standard InChI is InChI=1S/C7H14N2O4S.Fe/c1-9-5(7(12)13)3-14-2-4(8)6(10)11;/h4-5,9H,2-3,8H2,1H3,(H,10,11)(H,12,13);. The van der Waals surface area contributed by atoms with Crippen LogP contribution >= 0.6 is 11.8 Å². The number of carboxylic acid groups (broad SMARTS) is 2. The van der Waals surface area contributed by atoms with E-state index in [1.165, 1.54) is 18.8 Å². The number of hydrogen-bond acceptors (Lipinski definition) is 5. The molecule has 2 atom stereocenters. The van der Waals surface area contributed by atoms with Gasteiger partial charge in [0.05, 0.1) is 0 Å². The van der Waals surface area contributed by atoms with Crippen molar-refractivity contribution in [3.63, 3.8) is 0 Å². The molecule has 2 unspecified atom stereocenters. The van der Waals surface area contributed by atoms with Crippen LogP contribution in [0.1, 0.15) is 0 Å². The Labute approximate surface area is 102 Å². The molecule has 0 aliphatic rings. The molecule has 0 radical (unpaired) electrons. The van der Waals surface area contributed by atoms with Crippen molar-refractivity contribution in [3.05, 3.63) is 0 Å². The molecular formula is C7H14FeN2O4S. The number of aliphatic carboxylic acids is 2. The second kappa shape index (κ2) is 8.99. The first-order valence-electron chi connectivity index (χ1n) is 3.95. The fraction of sp³-hybridized carbons (Fsp3) is 0.714. The van der Waals surface area contributed by atoms with Crippen LogP contribution in [0.5, 0.6) is 0 Å². The second-order valence-corrected chi connectivity index (χ2v) is 3.74. The molecule has 5 N–H and O–H groups in total. The van der Waals surface area contributed by atoms with Crippen molar-refractivity contribution in [3.8, 4) is 0 Å². The number of nitrogens with one attached hydrogen (secondary N) is 1. The van der Waals surface area contributed by atoms with Gasteiger partial charge in [0, 0.05) is 28.6 Å². The van der Waals surface area contributed by atoms with Gasteiger partial charge in [-0.3, -0.25) is 9.59 Å². The Kier molecular flexibility index (Phi) is 10.3. The number of thioether (sulfide) groups is 1. The van der Waals surface area contributed by atoms with E-state index in [1.807, 2.05) is 0 Å². The van der Waals surface area contributed by atoms with E-state index in [-0.39, 0.29) is 22.8 Å². The molecular weight excluding hydrogens is 264 g/mol. The molecule has 0 bridgehead atoms. The number of carbonyl (C=O) groups is 2. The monoisotopic (exact) mass is 278 g/mol. The Bertz CT molecular complexity index is 217. The minimum Gasteiger partial charge on any atom is -0.480 e. The number of rotatable bonds is 7. The van der Waals surface area contributed by atoms with Crippen molar-refractivity contribution in [1.82, 2.24) is 5.32 Å². The van der Waals surface area contributed by atoms with Crippen molar-refractivity contribution in [2.24, 2.45) is 5.73 Å². The summed E-state index contributed by atoms with van der Waals surface area (Å²) < 4.78 is 0. The zero-order valence-corrected chi connectivity index (χ0v) is 10.0. The third-order valence-electron chi connectivity index (χ3n) is 1.55. The molecule has 6 nitrogen and oxygen atoms in total. The Morgan fingerprint density at radius 2 is 1.87 bits per heavy atom. The van der Waals surface area contributed by atoms with Crippen LogP contribution in [-0.4, -0.2) is 52.8 Å². The molecule has 15 heavy (non-hydrogen) atoms. The second-order valence-electron chi connectivity index (χ2n) is 2.66. The van der Waals surface area contributed by atoms with Crippen LogP contribution in [0.15, 0.2) is 0 Å². The first-order chi connectivity index (χ1) is 6.49. The number of nitrogens with two attached hydrogens (primary N) is 1. The predicted octanol–water partition coefficient (Wildman–Crippen LogP) is -1.20. The maximum Gasteiger partial charge on any atom is 0.321 e. The van der Waals surface area contributed by atoms with Gasteiger partial charge in [-0.15, -0.1) is 0 Å². The Hall–Kier alpha value is -0.271. The summed E-state index contributed by atoms with van der Waals surface area (Å²) in [7, 11) is 1.54. The Morgan fingerprint density at radius 1 is 1.33 bits per heavy atom. The summed E-state index contributed by atoms with van der Waals surface area (Å²) in [6.07, 6.45) is 0. The Balaban J connectivity index is 0. The average molecular weight is 278 g/mol. The first-order valence-corrected chi connectivity index (χ1v) is 5.10. The largest absolute Gasteiger partial charge is 0.480 e. The molecule has 0 aromatic heterocycles. The third kappa shape index (κ3) is 7.63. The summed E-state index contributed by atoms with van der Waals surface area (Å²) in [6.45, 7) is 0. The van der Waals surface area contributed by atoms with E-state index in [9.17, 15) is 9.59 Å². The van der Waals surface area contributed by atoms with Gasteiger partial charge in [0.2, 0.25) is 0 Å². The van der Waals surface area contributed by atoms with Gasteiger partial charge >= 0.3 is 11.9 Å². The zero-order valence-electron chi connectivity index (χ0n) is 8.12. The molecule has 0 aromatic rings. The van der Waals surface area contributed by atoms with Crippen LogP contribution in [0.25, 0.3) is 0 Å². The summed E-state index contributed by atoms with van der Waals surface area (Å²) in [6, 6.07) is -1.60. The predicted molar refractivity (Wildman–Crippen MR) is 53.4 cm³/mol. The number of hydrogen-bond donors (Lipinski definition) is 4. The van der Waals surface area contributed by atoms with Gasteiger partial charge in [0.25, 0.3) is 0 Å². The van der Waals surface area contributed by atoms with Crippen LogP contribution in [0.3, 0.4) is 0 Å². The Morgan fingerprint density at radius 3 is 2.20 bits per heavy atom. The third-order valence-corrected chi connectivity index (χ3v) is 2.71. The van der Waals surface area contributed by atoms with E-state index >= 15 is 0 Å². The van der Waals surface area contributed by atoms with Crippen LogP contribution in [0.2, 0.25) is 0 Å². The van der Waals surface area contributed by atoms with Crippen molar-refractivity contribution in [1.29, 1.82) is 0 Å². The molecule has 0 aliphatic heterocycles. The summed E-state index contributed by atoms with van der Waals surface area (Å²) in [4.78, 5) is 20.8. The molecule has 0 saturated carbocycles. The van der Waals surface area contributed by atoms with Gasteiger partial charge in [0.1, 0.15) is 12.1 Å². The van der Waals surface area contributed by atoms with Gasteiger partial charge in [-0.1, -0.05) is 0 Å². The molecule has 0 rings (SSSR count). The van der Waals surface area contributed by atoms with Gasteiger partial charge in [-0.05, 0) is 7.05 Å². The van der Waals surface area contributed by atoms with E-state index < -0.39 is 24.0 Å². The minimum absolute atomic E-state index is 0. The first kappa shape index (κ1) is 17.1. The molecule has 0 fully saturated rings. The SMILES string of the molecule is CNC(CSCC(N)C(=O)O)C(=O)O.[Fe]. The smallest absolute Gasteiger partial charge is 0.321 e. The normalized spacial score (nSPS) is 13.7. The van der Waals surface area contributed by atoms with Crippen molar-refractivity contribution in [2.45, 2.75) is 12.1 Å². The summed E-state index contributed by atoms with van der Waals surface area (Å²) in [5.74, 6) is -1.52. The molecule has 0 aromatic carbocycles. The molecule has 8 heteroatoms. The molecule has 0 aliphatic carbocycles. The van der Waals surface area contributed by atoms with Gasteiger partial charge < -0.3 is 21.3 Å². The fourth-order valence-corrected chi connectivity index (χ4v) is 1.74. The maximum absolute atomic E-state index is 10.5. The van der Waals surface area contributed by atoms with E-state index in [0.29, 0.717) is 5.75 Å². The van der Waals surface area contributed by atoms with Crippen molar-refractivity contribution >= 4 is 23.7 Å². The van der Waals surface area contributed by atoms with Crippen molar-refractivity contribution in [2.75, 3.05) is 18.6 Å². The minimum atomic E-state index is -1.08. The van der Waals surface area contributed by atoms with E-state index in [1.54, 1.807) is 0 Å². The van der Waals surface area contributed by atoms with Crippen LogP contribution < -0.4 is 11.1 Å². The average Bonchev–Trinajstić information content (AvgIpc) is 2.11. The fourth-order valence-electron chi connectivity index (χ4n) is 0.662. The van der Waals surface area contributed by atoms with Gasteiger partial charge in [-0.25, -0.2) is 0 Å². The quantitative estimate of drug-likeness (QED) is 0.433. The molecule has 0 heterocycles. The zero-order chi connectivity index (χ0) is 11.1. The van der Waals surface area contributed by atoms with E-state index in [4.69, 9.17) is 15.9 Å². The number of carboxylic acids is 2. The van der Waals surface area contributed by atoms with Crippen LogP contribution in [-0.2, 0) is 26.7 Å². The number of likely N-dealkylation sites (N-methyl/N-ethyl adjacent to an activating group) is 1. The summed E-state index contributed by atoms with van der Waals surface area (Å²) in [5.41, 5.74) is 5.23. The topological polar surface area (TPSA) is 113 Å². The molecule has 0 amide bonds. The van der Waals surface area contributed by atoms with E-state index in [2.05, 4.69) is 5.32 Å². The molecule has 0 saturated heterocycles. The molecule has 0 spiro atoms. The van der Waals surface area contributed by atoms with Crippen LogP contribution in [0, 0.1) is 0 Å².